The van der Waals surface area contributed by atoms with E-state index in [1.165, 1.54) is 0 Å². The number of hydrogen-bond donors (Lipinski definition) is 1. The maximum atomic E-state index is 12.7. The standard InChI is InChI=1S/C24H25NO4/c1-24(2)14-20(19-12-11-17(27-3)13-22(19)29-24)25-23(26)15-28-21-10-6-8-16-7-4-5-9-18(16)21/h4-13,20H,14-15H2,1-3H3,(H,25,26)/t20-/m1/s1. The van der Waals surface area contributed by atoms with E-state index in [2.05, 4.69) is 5.32 Å². The van der Waals surface area contributed by atoms with E-state index in [4.69, 9.17) is 14.2 Å². The van der Waals surface area contributed by atoms with E-state index < -0.39 is 5.60 Å². The lowest BCUT2D eigenvalue weighted by atomic mass is 9.89. The Morgan fingerprint density at radius 1 is 1.14 bits per heavy atom. The minimum absolute atomic E-state index is 0.0444. The van der Waals surface area contributed by atoms with Crippen LogP contribution >= 0.6 is 0 Å². The van der Waals surface area contributed by atoms with Gasteiger partial charge < -0.3 is 19.5 Å². The summed E-state index contributed by atoms with van der Waals surface area (Å²) in [5, 5.41) is 5.18. The lowest BCUT2D eigenvalue weighted by molar-refractivity contribution is -0.124. The molecule has 0 saturated carbocycles. The van der Waals surface area contributed by atoms with Gasteiger partial charge in [-0.3, -0.25) is 4.79 Å². The molecule has 0 radical (unpaired) electrons. The molecule has 5 nitrogen and oxygen atoms in total. The fraction of sp³-hybridized carbons (Fsp3) is 0.292. The molecule has 1 atom stereocenters. The van der Waals surface area contributed by atoms with Crippen molar-refractivity contribution in [3.63, 3.8) is 0 Å². The molecule has 29 heavy (non-hydrogen) atoms. The molecule has 5 heteroatoms. The molecule has 0 saturated heterocycles. The van der Waals surface area contributed by atoms with Gasteiger partial charge in [-0.2, -0.15) is 0 Å². The number of nitrogens with one attached hydrogen (secondary N) is 1. The summed E-state index contributed by atoms with van der Waals surface area (Å²) in [5.74, 6) is 2.00. The molecule has 3 aromatic rings. The first kappa shape index (κ1) is 19.1. The molecule has 4 rings (SSSR count). The zero-order chi connectivity index (χ0) is 20.4. The van der Waals surface area contributed by atoms with E-state index in [1.54, 1.807) is 7.11 Å². The summed E-state index contributed by atoms with van der Waals surface area (Å²) >= 11 is 0. The second-order valence-corrected chi connectivity index (χ2v) is 7.86. The van der Waals surface area contributed by atoms with Gasteiger partial charge in [0.15, 0.2) is 6.61 Å². The SMILES string of the molecule is COc1ccc2c(c1)OC(C)(C)C[C@H]2NC(=O)COc1cccc2ccccc12. The number of benzene rings is 3. The smallest absolute Gasteiger partial charge is 0.258 e. The highest BCUT2D eigenvalue weighted by Gasteiger charge is 2.34. The van der Waals surface area contributed by atoms with E-state index in [1.807, 2.05) is 74.5 Å². The summed E-state index contributed by atoms with van der Waals surface area (Å²) < 4.78 is 17.2. The minimum Gasteiger partial charge on any atom is -0.497 e. The fourth-order valence-corrected chi connectivity index (χ4v) is 3.79. The normalized spacial score (nSPS) is 17.1. The van der Waals surface area contributed by atoms with E-state index in [-0.39, 0.29) is 18.6 Å². The van der Waals surface area contributed by atoms with Crippen molar-refractivity contribution in [2.45, 2.75) is 31.9 Å². The molecule has 1 amide bonds. The molecule has 1 aliphatic heterocycles. The van der Waals surface area contributed by atoms with Gasteiger partial charge in [-0.25, -0.2) is 0 Å². The lowest BCUT2D eigenvalue weighted by Gasteiger charge is -2.38. The minimum atomic E-state index is -0.395. The predicted molar refractivity (Wildman–Crippen MR) is 113 cm³/mol. The summed E-state index contributed by atoms with van der Waals surface area (Å²) in [4.78, 5) is 12.7. The highest BCUT2D eigenvalue weighted by molar-refractivity contribution is 5.88. The average Bonchev–Trinajstić information content (AvgIpc) is 2.70. The monoisotopic (exact) mass is 391 g/mol. The number of hydrogen-bond acceptors (Lipinski definition) is 4. The summed E-state index contributed by atoms with van der Waals surface area (Å²) in [6, 6.07) is 19.3. The first-order valence-corrected chi connectivity index (χ1v) is 9.72. The van der Waals surface area contributed by atoms with Crippen LogP contribution in [0.1, 0.15) is 31.9 Å². The Morgan fingerprint density at radius 3 is 2.76 bits per heavy atom. The second-order valence-electron chi connectivity index (χ2n) is 7.86. The maximum Gasteiger partial charge on any atom is 0.258 e. The summed E-state index contributed by atoms with van der Waals surface area (Å²) in [6.07, 6.45) is 0.673. The van der Waals surface area contributed by atoms with Crippen LogP contribution in [0.25, 0.3) is 10.8 Å². The van der Waals surface area contributed by atoms with Crippen molar-refractivity contribution in [1.82, 2.24) is 5.32 Å². The zero-order valence-electron chi connectivity index (χ0n) is 16.9. The number of carbonyl (C=O) groups is 1. The third kappa shape index (κ3) is 4.14. The van der Waals surface area contributed by atoms with Crippen molar-refractivity contribution in [2.24, 2.45) is 0 Å². The Hall–Kier alpha value is -3.21. The molecule has 0 bridgehead atoms. The summed E-state index contributed by atoms with van der Waals surface area (Å²) in [6.45, 7) is 3.99. The molecule has 150 valence electrons. The van der Waals surface area contributed by atoms with Crippen LogP contribution in [0.4, 0.5) is 0 Å². The van der Waals surface area contributed by atoms with Gasteiger partial charge in [0.05, 0.1) is 13.2 Å². The quantitative estimate of drug-likeness (QED) is 0.688. The van der Waals surface area contributed by atoms with Crippen molar-refractivity contribution in [3.8, 4) is 17.2 Å². The molecule has 0 unspecified atom stereocenters. The van der Waals surface area contributed by atoms with E-state index >= 15 is 0 Å². The topological polar surface area (TPSA) is 56.8 Å². The molecule has 1 heterocycles. The summed E-state index contributed by atoms with van der Waals surface area (Å²) in [7, 11) is 1.62. The lowest BCUT2D eigenvalue weighted by Crippen LogP contribution is -2.42. The Bertz CT molecular complexity index is 1040. The number of carbonyl (C=O) groups excluding carboxylic acids is 1. The second kappa shape index (κ2) is 7.66. The van der Waals surface area contributed by atoms with Crippen LogP contribution in [0.5, 0.6) is 17.2 Å². The fourth-order valence-electron chi connectivity index (χ4n) is 3.79. The molecular weight excluding hydrogens is 366 g/mol. The maximum absolute atomic E-state index is 12.7. The van der Waals surface area contributed by atoms with Crippen LogP contribution in [-0.2, 0) is 4.79 Å². The van der Waals surface area contributed by atoms with E-state index in [9.17, 15) is 4.79 Å². The molecule has 1 aliphatic rings. The van der Waals surface area contributed by atoms with Crippen LogP contribution in [0.2, 0.25) is 0 Å². The van der Waals surface area contributed by atoms with Gasteiger partial charge in [-0.15, -0.1) is 0 Å². The Balaban J connectivity index is 1.48. The molecule has 3 aromatic carbocycles. The van der Waals surface area contributed by atoms with Gasteiger partial charge in [-0.05, 0) is 37.4 Å². The molecule has 1 N–H and O–H groups in total. The third-order valence-corrected chi connectivity index (χ3v) is 5.12. The van der Waals surface area contributed by atoms with Crippen LogP contribution < -0.4 is 19.5 Å². The number of amides is 1. The van der Waals surface area contributed by atoms with Crippen molar-refractivity contribution in [1.29, 1.82) is 0 Å². The number of ether oxygens (including phenoxy) is 3. The van der Waals surface area contributed by atoms with Crippen LogP contribution in [0.15, 0.2) is 60.7 Å². The van der Waals surface area contributed by atoms with Gasteiger partial charge in [0, 0.05) is 23.4 Å². The Kier molecular flexibility index (Phi) is 5.05. The van der Waals surface area contributed by atoms with Gasteiger partial charge >= 0.3 is 0 Å². The highest BCUT2D eigenvalue weighted by atomic mass is 16.5. The predicted octanol–water partition coefficient (Wildman–Crippen LogP) is 4.65. The number of rotatable bonds is 5. The third-order valence-electron chi connectivity index (χ3n) is 5.12. The first-order valence-electron chi connectivity index (χ1n) is 9.72. The average molecular weight is 391 g/mol. The van der Waals surface area contributed by atoms with E-state index in [0.29, 0.717) is 12.2 Å². The number of methoxy groups -OCH3 is 1. The van der Waals surface area contributed by atoms with Crippen molar-refractivity contribution >= 4 is 16.7 Å². The van der Waals surface area contributed by atoms with Crippen LogP contribution in [0, 0.1) is 0 Å². The van der Waals surface area contributed by atoms with E-state index in [0.717, 1.165) is 27.8 Å². The molecule has 0 spiro atoms. The molecule has 0 fully saturated rings. The van der Waals surface area contributed by atoms with Crippen molar-refractivity contribution in [2.75, 3.05) is 13.7 Å². The number of fused-ring (bicyclic) bond motifs is 2. The first-order chi connectivity index (χ1) is 13.9. The van der Waals surface area contributed by atoms with Gasteiger partial charge in [-0.1, -0.05) is 36.4 Å². The largest absolute Gasteiger partial charge is 0.497 e. The molecule has 0 aromatic heterocycles. The highest BCUT2D eigenvalue weighted by Crippen LogP contribution is 2.41. The van der Waals surface area contributed by atoms with Crippen molar-refractivity contribution < 1.29 is 19.0 Å². The Labute approximate surface area is 170 Å². The van der Waals surface area contributed by atoms with Gasteiger partial charge in [0.25, 0.3) is 5.91 Å². The Morgan fingerprint density at radius 2 is 1.93 bits per heavy atom. The summed E-state index contributed by atoms with van der Waals surface area (Å²) in [5.41, 5.74) is 0.553. The molecular formula is C24H25NO4. The zero-order valence-corrected chi connectivity index (χ0v) is 16.9. The van der Waals surface area contributed by atoms with Gasteiger partial charge in [0.1, 0.15) is 22.8 Å². The molecule has 0 aliphatic carbocycles. The van der Waals surface area contributed by atoms with Gasteiger partial charge in [0.2, 0.25) is 0 Å². The van der Waals surface area contributed by atoms with Crippen LogP contribution in [-0.4, -0.2) is 25.2 Å². The van der Waals surface area contributed by atoms with Crippen LogP contribution in [0.3, 0.4) is 0 Å². The van der Waals surface area contributed by atoms with Crippen molar-refractivity contribution in [3.05, 3.63) is 66.2 Å².